The fourth-order valence-corrected chi connectivity index (χ4v) is 1.75. The van der Waals surface area contributed by atoms with Gasteiger partial charge in [-0.2, -0.15) is 12.7 Å². The minimum Gasteiger partial charge on any atom is -0.294 e. The van der Waals surface area contributed by atoms with Gasteiger partial charge < -0.3 is 0 Å². The maximum Gasteiger partial charge on any atom is 0.301 e. The highest BCUT2D eigenvalue weighted by Crippen LogP contribution is 2.17. The lowest BCUT2D eigenvalue weighted by Gasteiger charge is -2.15. The predicted octanol–water partition coefficient (Wildman–Crippen LogP) is 1.11. The summed E-state index contributed by atoms with van der Waals surface area (Å²) in [6, 6.07) is 6.48. The Hall–Kier alpha value is -1.40. The molecule has 0 bridgehead atoms. The van der Waals surface area contributed by atoms with Crippen LogP contribution in [0.2, 0.25) is 0 Å². The Kier molecular flexibility index (Phi) is 3.66. The molecule has 0 radical (unpaired) electrons. The van der Waals surface area contributed by atoms with Gasteiger partial charge in [-0.3, -0.25) is 9.52 Å². The molecule has 0 heterocycles. The van der Waals surface area contributed by atoms with Crippen molar-refractivity contribution >= 4 is 21.7 Å². The van der Waals surface area contributed by atoms with E-state index >= 15 is 0 Å². The molecule has 1 N–H and O–H groups in total. The molecule has 0 unspecified atom stereocenters. The van der Waals surface area contributed by atoms with Gasteiger partial charge in [0.15, 0.2) is 5.78 Å². The van der Waals surface area contributed by atoms with Crippen LogP contribution in [0.25, 0.3) is 0 Å². The van der Waals surface area contributed by atoms with Crippen LogP contribution >= 0.6 is 0 Å². The molecule has 0 fully saturated rings. The maximum atomic E-state index is 11.6. The van der Waals surface area contributed by atoms with Gasteiger partial charge in [0.2, 0.25) is 0 Å². The second-order valence-corrected chi connectivity index (χ2v) is 5.38. The Morgan fingerprint density at radius 2 is 1.81 bits per heavy atom. The molecule has 1 rings (SSSR count). The third kappa shape index (κ3) is 2.80. The van der Waals surface area contributed by atoms with Crippen molar-refractivity contribution in [2.24, 2.45) is 0 Å². The second kappa shape index (κ2) is 4.63. The first-order chi connectivity index (χ1) is 7.34. The summed E-state index contributed by atoms with van der Waals surface area (Å²) in [6.45, 7) is 1.39. The molecule has 0 saturated heterocycles. The fourth-order valence-electron chi connectivity index (χ4n) is 1.11. The number of rotatable bonds is 4. The number of carbonyl (C=O) groups excluding carboxylic acids is 1. The van der Waals surface area contributed by atoms with E-state index in [1.54, 1.807) is 24.3 Å². The molecule has 0 aliphatic carbocycles. The van der Waals surface area contributed by atoms with Crippen molar-refractivity contribution in [3.63, 3.8) is 0 Å². The molecule has 0 atom stereocenters. The van der Waals surface area contributed by atoms with E-state index in [0.29, 0.717) is 11.3 Å². The minimum atomic E-state index is -3.58. The van der Waals surface area contributed by atoms with E-state index in [2.05, 4.69) is 4.72 Å². The largest absolute Gasteiger partial charge is 0.301 e. The fraction of sp³-hybridized carbons (Fsp3) is 0.300. The van der Waals surface area contributed by atoms with Gasteiger partial charge in [0, 0.05) is 19.7 Å². The highest BCUT2D eigenvalue weighted by atomic mass is 32.2. The first kappa shape index (κ1) is 12.7. The van der Waals surface area contributed by atoms with E-state index in [1.165, 1.54) is 21.0 Å². The molecule has 0 aromatic heterocycles. The van der Waals surface area contributed by atoms with Crippen molar-refractivity contribution < 1.29 is 13.2 Å². The van der Waals surface area contributed by atoms with Crippen LogP contribution in [0.3, 0.4) is 0 Å². The summed E-state index contributed by atoms with van der Waals surface area (Å²) in [7, 11) is -0.745. The molecule has 1 aromatic carbocycles. The molecule has 5 nitrogen and oxygen atoms in total. The summed E-state index contributed by atoms with van der Waals surface area (Å²) in [4.78, 5) is 11.3. The van der Waals surface area contributed by atoms with Gasteiger partial charge in [-0.15, -0.1) is 0 Å². The van der Waals surface area contributed by atoms with E-state index < -0.39 is 10.2 Å². The monoisotopic (exact) mass is 242 g/mol. The number of para-hydroxylation sites is 1. The first-order valence-electron chi connectivity index (χ1n) is 4.65. The lowest BCUT2D eigenvalue weighted by atomic mass is 10.1. The van der Waals surface area contributed by atoms with Crippen molar-refractivity contribution in [1.82, 2.24) is 4.31 Å². The average Bonchev–Trinajstić information content (AvgIpc) is 2.17. The predicted molar refractivity (Wildman–Crippen MR) is 62.7 cm³/mol. The van der Waals surface area contributed by atoms with Gasteiger partial charge in [-0.25, -0.2) is 0 Å². The zero-order chi connectivity index (χ0) is 12.3. The van der Waals surface area contributed by atoms with Crippen LogP contribution < -0.4 is 4.72 Å². The Labute approximate surface area is 95.3 Å². The van der Waals surface area contributed by atoms with Gasteiger partial charge in [-0.05, 0) is 19.1 Å². The van der Waals surface area contributed by atoms with Gasteiger partial charge in [0.05, 0.1) is 5.69 Å². The summed E-state index contributed by atoms with van der Waals surface area (Å²) < 4.78 is 26.5. The molecule has 0 amide bonds. The second-order valence-electron chi connectivity index (χ2n) is 3.49. The van der Waals surface area contributed by atoms with E-state index in [4.69, 9.17) is 0 Å². The number of nitrogens with zero attached hydrogens (tertiary/aromatic N) is 1. The highest BCUT2D eigenvalue weighted by molar-refractivity contribution is 7.90. The highest BCUT2D eigenvalue weighted by Gasteiger charge is 2.16. The Morgan fingerprint density at radius 1 is 1.25 bits per heavy atom. The van der Waals surface area contributed by atoms with E-state index in [-0.39, 0.29) is 5.78 Å². The zero-order valence-corrected chi connectivity index (χ0v) is 10.2. The van der Waals surface area contributed by atoms with Crippen LogP contribution in [0, 0.1) is 0 Å². The summed E-state index contributed by atoms with van der Waals surface area (Å²) in [6.07, 6.45) is 0. The number of carbonyl (C=O) groups is 1. The summed E-state index contributed by atoms with van der Waals surface area (Å²) in [5.41, 5.74) is 0.650. The van der Waals surface area contributed by atoms with Crippen molar-refractivity contribution in [3.8, 4) is 0 Å². The summed E-state index contributed by atoms with van der Waals surface area (Å²) >= 11 is 0. The third-order valence-corrected chi connectivity index (χ3v) is 3.47. The molecule has 0 saturated carbocycles. The average molecular weight is 242 g/mol. The normalized spacial score (nSPS) is 11.5. The molecule has 1 aromatic rings. The Bertz CT molecular complexity index is 495. The van der Waals surface area contributed by atoms with Crippen LogP contribution in [0.15, 0.2) is 24.3 Å². The van der Waals surface area contributed by atoms with Crippen molar-refractivity contribution in [1.29, 1.82) is 0 Å². The van der Waals surface area contributed by atoms with Crippen LogP contribution in [-0.4, -0.2) is 32.6 Å². The molecular weight excluding hydrogens is 228 g/mol. The van der Waals surface area contributed by atoms with Crippen molar-refractivity contribution in [3.05, 3.63) is 29.8 Å². The number of ketones is 1. The Balaban J connectivity index is 3.12. The third-order valence-electron chi connectivity index (χ3n) is 2.03. The smallest absolute Gasteiger partial charge is 0.294 e. The lowest BCUT2D eigenvalue weighted by Crippen LogP contribution is -2.29. The lowest BCUT2D eigenvalue weighted by molar-refractivity contribution is 0.101. The molecule has 16 heavy (non-hydrogen) atoms. The van der Waals surface area contributed by atoms with E-state index in [1.807, 2.05) is 0 Å². The quantitative estimate of drug-likeness (QED) is 0.804. The molecule has 0 aliphatic rings. The molecular formula is C10H14N2O3S. The van der Waals surface area contributed by atoms with Gasteiger partial charge in [-0.1, -0.05) is 12.1 Å². The summed E-state index contributed by atoms with van der Waals surface area (Å²) in [5, 5.41) is 0. The number of benzene rings is 1. The standard InChI is InChI=1S/C10H14N2O3S/c1-8(13)9-6-4-5-7-10(9)11-16(14,15)12(2)3/h4-7,11H,1-3H3. The molecule has 0 aliphatic heterocycles. The number of anilines is 1. The molecule has 88 valence electrons. The summed E-state index contributed by atoms with van der Waals surface area (Å²) in [5.74, 6) is -0.183. The SMILES string of the molecule is CC(=O)c1ccccc1NS(=O)(=O)N(C)C. The van der Waals surface area contributed by atoms with Gasteiger partial charge in [0.25, 0.3) is 0 Å². The van der Waals surface area contributed by atoms with Crippen molar-refractivity contribution in [2.45, 2.75) is 6.92 Å². The van der Waals surface area contributed by atoms with Crippen LogP contribution in [-0.2, 0) is 10.2 Å². The van der Waals surface area contributed by atoms with E-state index in [0.717, 1.165) is 4.31 Å². The molecule has 6 heteroatoms. The first-order valence-corrected chi connectivity index (χ1v) is 6.09. The minimum absolute atomic E-state index is 0.183. The number of nitrogens with one attached hydrogen (secondary N) is 1. The van der Waals surface area contributed by atoms with Gasteiger partial charge in [0.1, 0.15) is 0 Å². The Morgan fingerprint density at radius 3 is 2.31 bits per heavy atom. The topological polar surface area (TPSA) is 66.5 Å². The van der Waals surface area contributed by atoms with Crippen LogP contribution in [0.4, 0.5) is 5.69 Å². The number of hydrogen-bond donors (Lipinski definition) is 1. The van der Waals surface area contributed by atoms with Crippen molar-refractivity contribution in [2.75, 3.05) is 18.8 Å². The number of Topliss-reactive ketones (excluding diaryl/α,β-unsaturated/α-hetero) is 1. The van der Waals surface area contributed by atoms with Crippen LogP contribution in [0.5, 0.6) is 0 Å². The zero-order valence-electron chi connectivity index (χ0n) is 9.39. The maximum absolute atomic E-state index is 11.6. The van der Waals surface area contributed by atoms with E-state index in [9.17, 15) is 13.2 Å². The van der Waals surface area contributed by atoms with Crippen LogP contribution in [0.1, 0.15) is 17.3 Å². The molecule has 0 spiro atoms. The number of hydrogen-bond acceptors (Lipinski definition) is 3. The van der Waals surface area contributed by atoms with Gasteiger partial charge >= 0.3 is 10.2 Å².